The number of rotatable bonds is 12. The summed E-state index contributed by atoms with van der Waals surface area (Å²) in [6.45, 7) is 11.8. The molecule has 2 atom stereocenters. The SMILES string of the molecule is CCC[C@H](O)[C@H](CNCC(C)(C)C)NC(=O)CNC(=O)c1cc(NC(=O)NC(C)C)cc(C(F)(F)F)c1. The molecule has 0 bridgehead atoms. The zero-order valence-corrected chi connectivity index (χ0v) is 22.3. The standard InChI is InChI=1S/C25H40F3N5O4/c1-7-8-20(34)19(12-29-14-24(4,5)6)33-21(35)13-30-22(36)16-9-17(25(26,27)28)11-18(10-16)32-23(37)31-15(2)3/h9-11,15,19-20,29,34H,7-8,12-14H2,1-6H3,(H,30,36)(H,33,35)(H2,31,32,37)/t19-,20-/m0/s1. The second-order valence-electron chi connectivity index (χ2n) is 10.5. The Hall–Kier alpha value is -2.86. The third kappa shape index (κ3) is 12.8. The summed E-state index contributed by atoms with van der Waals surface area (Å²) in [5.74, 6) is -1.53. The largest absolute Gasteiger partial charge is 0.416 e. The molecule has 1 aromatic carbocycles. The zero-order valence-electron chi connectivity index (χ0n) is 22.3. The molecule has 0 heterocycles. The Morgan fingerprint density at radius 1 is 1.03 bits per heavy atom. The molecule has 9 nitrogen and oxygen atoms in total. The minimum absolute atomic E-state index is 0.00757. The average molecular weight is 532 g/mol. The molecule has 0 aliphatic rings. The summed E-state index contributed by atoms with van der Waals surface area (Å²) in [7, 11) is 0. The summed E-state index contributed by atoms with van der Waals surface area (Å²) < 4.78 is 40.1. The van der Waals surface area contributed by atoms with Gasteiger partial charge in [-0.3, -0.25) is 9.59 Å². The van der Waals surface area contributed by atoms with E-state index in [0.29, 0.717) is 38.1 Å². The Balaban J connectivity index is 2.90. The van der Waals surface area contributed by atoms with Crippen LogP contribution in [-0.4, -0.2) is 60.8 Å². The monoisotopic (exact) mass is 531 g/mol. The number of carbonyl (C=O) groups is 3. The number of hydrogen-bond donors (Lipinski definition) is 6. The number of hydrogen-bond acceptors (Lipinski definition) is 5. The van der Waals surface area contributed by atoms with Crippen molar-refractivity contribution in [3.05, 3.63) is 29.3 Å². The molecule has 1 aromatic rings. The van der Waals surface area contributed by atoms with Gasteiger partial charge in [0.2, 0.25) is 5.91 Å². The molecule has 1 rings (SSSR count). The first-order chi connectivity index (χ1) is 17.0. The van der Waals surface area contributed by atoms with Gasteiger partial charge in [-0.1, -0.05) is 34.1 Å². The first-order valence-electron chi connectivity index (χ1n) is 12.3. The van der Waals surface area contributed by atoms with E-state index in [2.05, 4.69) is 26.6 Å². The van der Waals surface area contributed by atoms with E-state index >= 15 is 0 Å². The Labute approximate surface area is 216 Å². The van der Waals surface area contributed by atoms with Crippen LogP contribution in [0.25, 0.3) is 0 Å². The Kier molecular flexibility index (Phi) is 12.3. The van der Waals surface area contributed by atoms with Crippen molar-refractivity contribution in [3.63, 3.8) is 0 Å². The van der Waals surface area contributed by atoms with Gasteiger partial charge in [0.25, 0.3) is 5.91 Å². The highest BCUT2D eigenvalue weighted by atomic mass is 19.4. The lowest BCUT2D eigenvalue weighted by Crippen LogP contribution is -2.52. The van der Waals surface area contributed by atoms with Crippen LogP contribution in [0, 0.1) is 5.41 Å². The smallest absolute Gasteiger partial charge is 0.391 e. The molecule has 0 aliphatic carbocycles. The number of halogens is 3. The fourth-order valence-electron chi connectivity index (χ4n) is 3.33. The normalized spacial score (nSPS) is 13.6. The fourth-order valence-corrected chi connectivity index (χ4v) is 3.33. The molecule has 37 heavy (non-hydrogen) atoms. The maximum absolute atomic E-state index is 13.4. The molecule has 0 unspecified atom stereocenters. The number of amides is 4. The highest BCUT2D eigenvalue weighted by Crippen LogP contribution is 2.32. The number of urea groups is 1. The van der Waals surface area contributed by atoms with Crippen LogP contribution in [0.5, 0.6) is 0 Å². The molecule has 6 N–H and O–H groups in total. The number of nitrogens with one attached hydrogen (secondary N) is 5. The fraction of sp³-hybridized carbons (Fsp3) is 0.640. The molecule has 0 aromatic heterocycles. The van der Waals surface area contributed by atoms with Crippen LogP contribution in [0.4, 0.5) is 23.7 Å². The van der Waals surface area contributed by atoms with Gasteiger partial charge in [-0.15, -0.1) is 0 Å². The summed E-state index contributed by atoms with van der Waals surface area (Å²) in [6, 6.07) is 0.853. The van der Waals surface area contributed by atoms with Gasteiger partial charge in [-0.25, -0.2) is 4.79 Å². The number of benzene rings is 1. The van der Waals surface area contributed by atoms with E-state index in [-0.39, 0.29) is 22.7 Å². The van der Waals surface area contributed by atoms with Gasteiger partial charge < -0.3 is 31.7 Å². The maximum atomic E-state index is 13.4. The molecule has 0 spiro atoms. The van der Waals surface area contributed by atoms with Crippen molar-refractivity contribution in [2.75, 3.05) is 25.0 Å². The lowest BCUT2D eigenvalue weighted by atomic mass is 9.96. The van der Waals surface area contributed by atoms with Crippen molar-refractivity contribution >= 4 is 23.5 Å². The topological polar surface area (TPSA) is 132 Å². The molecular formula is C25H40F3N5O4. The molecule has 0 fully saturated rings. The zero-order chi connectivity index (χ0) is 28.4. The van der Waals surface area contributed by atoms with Crippen LogP contribution in [0.15, 0.2) is 18.2 Å². The second kappa shape index (κ2) is 14.2. The van der Waals surface area contributed by atoms with E-state index in [1.54, 1.807) is 13.8 Å². The van der Waals surface area contributed by atoms with E-state index in [0.717, 1.165) is 6.07 Å². The Bertz CT molecular complexity index is 917. The molecule has 0 radical (unpaired) electrons. The molecule has 210 valence electrons. The third-order valence-corrected chi connectivity index (χ3v) is 5.02. The van der Waals surface area contributed by atoms with Crippen molar-refractivity contribution in [1.82, 2.24) is 21.3 Å². The van der Waals surface area contributed by atoms with E-state index in [1.807, 2.05) is 27.7 Å². The van der Waals surface area contributed by atoms with E-state index in [4.69, 9.17) is 0 Å². The van der Waals surface area contributed by atoms with Crippen LogP contribution in [0.1, 0.15) is 70.3 Å². The number of alkyl halides is 3. The summed E-state index contributed by atoms with van der Waals surface area (Å²) in [5, 5.41) is 23.4. The van der Waals surface area contributed by atoms with Crippen molar-refractivity contribution in [2.24, 2.45) is 5.41 Å². The van der Waals surface area contributed by atoms with E-state index < -0.39 is 48.3 Å². The maximum Gasteiger partial charge on any atom is 0.416 e. The predicted octanol–water partition coefficient (Wildman–Crippen LogP) is 3.25. The lowest BCUT2D eigenvalue weighted by molar-refractivity contribution is -0.137. The van der Waals surface area contributed by atoms with Crippen molar-refractivity contribution in [2.45, 2.75) is 78.7 Å². The van der Waals surface area contributed by atoms with Gasteiger partial charge in [0.1, 0.15) is 0 Å². The minimum Gasteiger partial charge on any atom is -0.391 e. The summed E-state index contributed by atoms with van der Waals surface area (Å²) in [5.41, 5.74) is -1.74. The lowest BCUT2D eigenvalue weighted by Gasteiger charge is -2.27. The van der Waals surface area contributed by atoms with Crippen LogP contribution >= 0.6 is 0 Å². The van der Waals surface area contributed by atoms with Gasteiger partial charge in [-0.2, -0.15) is 13.2 Å². The van der Waals surface area contributed by atoms with E-state index in [1.165, 1.54) is 0 Å². The number of carbonyl (C=O) groups excluding carboxylic acids is 3. The van der Waals surface area contributed by atoms with Gasteiger partial charge in [0, 0.05) is 30.4 Å². The van der Waals surface area contributed by atoms with Gasteiger partial charge in [0.15, 0.2) is 0 Å². The number of anilines is 1. The summed E-state index contributed by atoms with van der Waals surface area (Å²) in [4.78, 5) is 37.0. The number of aliphatic hydroxyl groups excluding tert-OH is 1. The third-order valence-electron chi connectivity index (χ3n) is 5.02. The second-order valence-corrected chi connectivity index (χ2v) is 10.5. The molecule has 0 aliphatic heterocycles. The van der Waals surface area contributed by atoms with Gasteiger partial charge in [0.05, 0.1) is 24.3 Å². The predicted molar refractivity (Wildman–Crippen MR) is 136 cm³/mol. The first-order valence-corrected chi connectivity index (χ1v) is 12.3. The van der Waals surface area contributed by atoms with Crippen LogP contribution in [0.3, 0.4) is 0 Å². The average Bonchev–Trinajstić information content (AvgIpc) is 2.74. The molecule has 0 saturated carbocycles. The van der Waals surface area contributed by atoms with Crippen molar-refractivity contribution < 1.29 is 32.7 Å². The summed E-state index contributed by atoms with van der Waals surface area (Å²) >= 11 is 0. The summed E-state index contributed by atoms with van der Waals surface area (Å²) in [6.07, 6.45) is -4.42. The van der Waals surface area contributed by atoms with Gasteiger partial charge >= 0.3 is 12.2 Å². The minimum atomic E-state index is -4.76. The van der Waals surface area contributed by atoms with Crippen LogP contribution in [0.2, 0.25) is 0 Å². The van der Waals surface area contributed by atoms with E-state index in [9.17, 15) is 32.7 Å². The molecule has 4 amide bonds. The van der Waals surface area contributed by atoms with Crippen molar-refractivity contribution in [1.29, 1.82) is 0 Å². The highest BCUT2D eigenvalue weighted by Gasteiger charge is 2.32. The number of aliphatic hydroxyl groups is 1. The van der Waals surface area contributed by atoms with Crippen molar-refractivity contribution in [3.8, 4) is 0 Å². The molecule has 12 heteroatoms. The molecular weight excluding hydrogens is 491 g/mol. The van der Waals surface area contributed by atoms with Crippen LogP contribution in [-0.2, 0) is 11.0 Å². The molecule has 0 saturated heterocycles. The van der Waals surface area contributed by atoms with Gasteiger partial charge in [-0.05, 0) is 43.9 Å². The highest BCUT2D eigenvalue weighted by molar-refractivity contribution is 5.98. The Morgan fingerprint density at radius 3 is 2.22 bits per heavy atom. The quantitative estimate of drug-likeness (QED) is 0.247. The Morgan fingerprint density at radius 2 is 1.68 bits per heavy atom. The van der Waals surface area contributed by atoms with Crippen LogP contribution < -0.4 is 26.6 Å². The first kappa shape index (κ1) is 32.2.